The van der Waals surface area contributed by atoms with Gasteiger partial charge in [-0.25, -0.2) is 8.78 Å². The summed E-state index contributed by atoms with van der Waals surface area (Å²) in [6.07, 6.45) is 6.87. The summed E-state index contributed by atoms with van der Waals surface area (Å²) in [7, 11) is 0. The van der Waals surface area contributed by atoms with Crippen molar-refractivity contribution in [2.75, 3.05) is 32.7 Å². The van der Waals surface area contributed by atoms with Crippen LogP contribution in [-0.2, 0) is 0 Å². The molecule has 2 fully saturated rings. The smallest absolute Gasteiger partial charge is 0.187 e. The second-order valence-corrected chi connectivity index (χ2v) is 11.3. The minimum absolute atomic E-state index is 0.229. The van der Waals surface area contributed by atoms with Gasteiger partial charge in [-0.1, -0.05) is 0 Å². The van der Waals surface area contributed by atoms with Gasteiger partial charge in [0.25, 0.3) is 0 Å². The number of aromatic amines is 1. The normalized spacial score (nSPS) is 19.9. The number of aliphatic hydroxyl groups is 2. The fraction of sp³-hybridized carbons (Fsp3) is 0.414. The van der Waals surface area contributed by atoms with Gasteiger partial charge in [0.05, 0.1) is 16.2 Å². The van der Waals surface area contributed by atoms with Crippen LogP contribution in [0, 0.1) is 11.6 Å². The summed E-state index contributed by atoms with van der Waals surface area (Å²) in [5, 5.41) is 23.1. The Morgan fingerprint density at radius 3 is 2.58 bits per heavy atom. The minimum atomic E-state index is -1.18. The molecule has 202 valence electrons. The average molecular weight is 588 g/mol. The molecule has 0 bridgehead atoms. The number of carbonyl (C=O) groups is 1. The van der Waals surface area contributed by atoms with Crippen LogP contribution < -0.4 is 0 Å². The van der Waals surface area contributed by atoms with Crippen molar-refractivity contribution in [2.45, 2.75) is 43.3 Å². The lowest BCUT2D eigenvalue weighted by atomic mass is 9.84. The molecule has 9 heteroatoms. The molecule has 0 amide bonds. The van der Waals surface area contributed by atoms with Crippen LogP contribution in [-0.4, -0.2) is 75.2 Å². The van der Waals surface area contributed by atoms with Gasteiger partial charge in [0.2, 0.25) is 0 Å². The molecule has 38 heavy (non-hydrogen) atoms. The van der Waals surface area contributed by atoms with E-state index in [4.69, 9.17) is 0 Å². The molecular formula is C29H32BrF2N3O3. The first kappa shape index (κ1) is 27.0. The number of H-pyrrole nitrogens is 1. The summed E-state index contributed by atoms with van der Waals surface area (Å²) in [6, 6.07) is 8.97. The first-order chi connectivity index (χ1) is 18.2. The predicted octanol–water partition coefficient (Wildman–Crippen LogP) is 4.97. The third-order valence-electron chi connectivity index (χ3n) is 8.06. The van der Waals surface area contributed by atoms with E-state index in [-0.39, 0.29) is 16.1 Å². The van der Waals surface area contributed by atoms with Gasteiger partial charge < -0.3 is 25.0 Å². The Balaban J connectivity index is 1.10. The van der Waals surface area contributed by atoms with Crippen LogP contribution in [0.15, 0.2) is 59.3 Å². The summed E-state index contributed by atoms with van der Waals surface area (Å²) >= 11 is 3.10. The van der Waals surface area contributed by atoms with Gasteiger partial charge in [0, 0.05) is 54.6 Å². The molecule has 2 aliphatic rings. The summed E-state index contributed by atoms with van der Waals surface area (Å²) in [5.41, 5.74) is 1.29. The molecule has 0 aliphatic carbocycles. The van der Waals surface area contributed by atoms with Crippen molar-refractivity contribution in [1.82, 2.24) is 14.8 Å². The standard InChI is InChI=1S/C29H32BrF2N3O3/c30-24-15-20(1-3-25(24)32)27(36)7-12-34-13-8-29(38,9-14-34)28(37)18-35-10-5-19(6-11-35)23-17-33-26-4-2-21(31)16-22(23)26/h1-4,7,12,15-17,19,28,33,37-38H,5-6,8-11,13-14,18H2. The number of fused-ring (bicyclic) bond motifs is 1. The SMILES string of the molecule is O=C(C=CN1CCC(O)(C(O)CN2CCC(c3c[nH]c4ccc(F)cc34)CC2)CC1)c1ccc(F)c(Br)c1. The second kappa shape index (κ2) is 11.3. The topological polar surface area (TPSA) is 79.8 Å². The largest absolute Gasteiger partial charge is 0.389 e. The zero-order chi connectivity index (χ0) is 26.9. The Morgan fingerprint density at radius 2 is 1.87 bits per heavy atom. The molecule has 1 aromatic heterocycles. The quantitative estimate of drug-likeness (QED) is 0.268. The van der Waals surface area contributed by atoms with Crippen molar-refractivity contribution >= 4 is 32.6 Å². The number of likely N-dealkylation sites (tertiary alicyclic amines) is 2. The predicted molar refractivity (Wildman–Crippen MR) is 146 cm³/mol. The third-order valence-corrected chi connectivity index (χ3v) is 8.67. The number of nitrogens with zero attached hydrogens (tertiary/aromatic N) is 2. The highest BCUT2D eigenvalue weighted by Crippen LogP contribution is 2.34. The van der Waals surface area contributed by atoms with Crippen molar-refractivity contribution in [3.63, 3.8) is 0 Å². The Kier molecular flexibility index (Phi) is 8.00. The number of hydrogen-bond acceptors (Lipinski definition) is 5. The number of ketones is 1. The summed E-state index contributed by atoms with van der Waals surface area (Å²) in [4.78, 5) is 19.8. The number of allylic oxidation sites excluding steroid dienone is 1. The highest BCUT2D eigenvalue weighted by molar-refractivity contribution is 9.10. The summed E-state index contributed by atoms with van der Waals surface area (Å²) in [6.45, 7) is 3.04. The number of aromatic nitrogens is 1. The number of nitrogens with one attached hydrogen (secondary N) is 1. The lowest BCUT2D eigenvalue weighted by Gasteiger charge is -2.43. The van der Waals surface area contributed by atoms with E-state index < -0.39 is 17.5 Å². The van der Waals surface area contributed by atoms with Gasteiger partial charge in [0.1, 0.15) is 11.6 Å². The Bertz CT molecular complexity index is 1330. The van der Waals surface area contributed by atoms with Crippen molar-refractivity contribution in [3.05, 3.63) is 82.1 Å². The van der Waals surface area contributed by atoms with Gasteiger partial charge in [-0.2, -0.15) is 0 Å². The first-order valence-corrected chi connectivity index (χ1v) is 13.8. The number of benzene rings is 2. The van der Waals surface area contributed by atoms with E-state index in [0.29, 0.717) is 44.0 Å². The molecule has 5 rings (SSSR count). The van der Waals surface area contributed by atoms with Crippen LogP contribution in [0.2, 0.25) is 0 Å². The lowest BCUT2D eigenvalue weighted by molar-refractivity contribution is -0.114. The fourth-order valence-corrected chi connectivity index (χ4v) is 5.98. The van der Waals surface area contributed by atoms with Crippen molar-refractivity contribution in [3.8, 4) is 0 Å². The van der Waals surface area contributed by atoms with E-state index in [1.165, 1.54) is 30.3 Å². The number of hydrogen-bond donors (Lipinski definition) is 3. The molecule has 3 heterocycles. The van der Waals surface area contributed by atoms with Crippen LogP contribution in [0.3, 0.4) is 0 Å². The molecule has 1 atom stereocenters. The Hall–Kier alpha value is -2.59. The zero-order valence-corrected chi connectivity index (χ0v) is 22.6. The van der Waals surface area contributed by atoms with Crippen molar-refractivity contribution < 1.29 is 23.8 Å². The van der Waals surface area contributed by atoms with E-state index in [0.717, 1.165) is 42.4 Å². The van der Waals surface area contributed by atoms with E-state index in [2.05, 4.69) is 25.8 Å². The Morgan fingerprint density at radius 1 is 1.13 bits per heavy atom. The molecule has 0 spiro atoms. The maximum atomic E-state index is 13.8. The van der Waals surface area contributed by atoms with E-state index in [9.17, 15) is 23.8 Å². The lowest BCUT2D eigenvalue weighted by Crippen LogP contribution is -2.54. The van der Waals surface area contributed by atoms with Crippen LogP contribution in [0.25, 0.3) is 10.9 Å². The maximum absolute atomic E-state index is 13.8. The first-order valence-electron chi connectivity index (χ1n) is 13.0. The molecule has 2 aromatic carbocycles. The highest BCUT2D eigenvalue weighted by Gasteiger charge is 2.39. The zero-order valence-electron chi connectivity index (χ0n) is 21.0. The molecule has 2 aliphatic heterocycles. The number of β-amino-alcohol motifs (C(OH)–C–C–N with tert-alkyl or cyclic N) is 1. The summed E-state index contributed by atoms with van der Waals surface area (Å²) < 4.78 is 27.4. The van der Waals surface area contributed by atoms with Gasteiger partial charge in [-0.3, -0.25) is 4.79 Å². The molecule has 0 saturated carbocycles. The van der Waals surface area contributed by atoms with E-state index >= 15 is 0 Å². The molecule has 3 N–H and O–H groups in total. The van der Waals surface area contributed by atoms with Crippen molar-refractivity contribution in [1.29, 1.82) is 0 Å². The molecule has 6 nitrogen and oxygen atoms in total. The molecule has 3 aromatic rings. The van der Waals surface area contributed by atoms with E-state index in [1.54, 1.807) is 18.3 Å². The van der Waals surface area contributed by atoms with E-state index in [1.807, 2.05) is 11.1 Å². The van der Waals surface area contributed by atoms with Gasteiger partial charge >= 0.3 is 0 Å². The van der Waals surface area contributed by atoms with Gasteiger partial charge in [-0.05, 0) is 103 Å². The average Bonchev–Trinajstić information content (AvgIpc) is 3.33. The highest BCUT2D eigenvalue weighted by atomic mass is 79.9. The summed E-state index contributed by atoms with van der Waals surface area (Å²) in [5.74, 6) is -0.556. The molecule has 1 unspecified atom stereocenters. The molecule has 0 radical (unpaired) electrons. The van der Waals surface area contributed by atoms with Crippen LogP contribution in [0.1, 0.15) is 47.5 Å². The molecular weight excluding hydrogens is 556 g/mol. The third kappa shape index (κ3) is 5.86. The number of carbonyl (C=O) groups excluding carboxylic acids is 1. The number of rotatable bonds is 7. The minimum Gasteiger partial charge on any atom is -0.389 e. The fourth-order valence-electron chi connectivity index (χ4n) is 5.61. The molecule has 2 saturated heterocycles. The van der Waals surface area contributed by atoms with Crippen LogP contribution >= 0.6 is 15.9 Å². The van der Waals surface area contributed by atoms with Crippen LogP contribution in [0.4, 0.5) is 8.78 Å². The van der Waals surface area contributed by atoms with Crippen LogP contribution in [0.5, 0.6) is 0 Å². The maximum Gasteiger partial charge on any atom is 0.187 e. The van der Waals surface area contributed by atoms with Gasteiger partial charge in [0.15, 0.2) is 5.78 Å². The monoisotopic (exact) mass is 587 g/mol. The Labute approximate surface area is 229 Å². The van der Waals surface area contributed by atoms with Crippen molar-refractivity contribution in [2.24, 2.45) is 0 Å². The second-order valence-electron chi connectivity index (χ2n) is 10.5. The number of piperidine rings is 2. The number of halogens is 3. The van der Waals surface area contributed by atoms with Gasteiger partial charge in [-0.15, -0.1) is 0 Å². The number of aliphatic hydroxyl groups excluding tert-OH is 1.